The molecule has 0 atom stereocenters. The molecule has 0 bridgehead atoms. The van der Waals surface area contributed by atoms with Gasteiger partial charge in [-0.05, 0) is 42.4 Å². The Kier molecular flexibility index (Phi) is 7.24. The van der Waals surface area contributed by atoms with Gasteiger partial charge in [-0.25, -0.2) is 4.39 Å². The summed E-state index contributed by atoms with van der Waals surface area (Å²) in [5.41, 5.74) is 6.80. The van der Waals surface area contributed by atoms with Crippen molar-refractivity contribution in [1.29, 1.82) is 0 Å². The summed E-state index contributed by atoms with van der Waals surface area (Å²) in [6.07, 6.45) is 0. The van der Waals surface area contributed by atoms with Gasteiger partial charge in [-0.15, -0.1) is 0 Å². The number of ether oxygens (including phenoxy) is 1. The number of amides is 2. The van der Waals surface area contributed by atoms with Crippen molar-refractivity contribution in [1.82, 2.24) is 10.2 Å². The molecule has 1 saturated heterocycles. The van der Waals surface area contributed by atoms with Gasteiger partial charge in [-0.1, -0.05) is 19.1 Å². The van der Waals surface area contributed by atoms with E-state index < -0.39 is 5.91 Å². The van der Waals surface area contributed by atoms with Crippen LogP contribution < -0.4 is 20.7 Å². The number of anilines is 1. The number of likely N-dealkylation sites (N-methyl/N-ethyl adjacent to an activating group) is 1. The van der Waals surface area contributed by atoms with Gasteiger partial charge >= 0.3 is 0 Å². The number of benzene rings is 2. The Bertz CT molecular complexity index is 898. The highest BCUT2D eigenvalue weighted by molar-refractivity contribution is 5.93. The molecule has 0 aliphatic carbocycles. The summed E-state index contributed by atoms with van der Waals surface area (Å²) in [4.78, 5) is 27.6. The minimum absolute atomic E-state index is 0.199. The molecule has 0 saturated carbocycles. The van der Waals surface area contributed by atoms with E-state index in [9.17, 15) is 14.0 Å². The molecule has 0 unspecified atom stereocenters. The van der Waals surface area contributed by atoms with Crippen LogP contribution in [0.4, 0.5) is 10.1 Å². The lowest BCUT2D eigenvalue weighted by atomic mass is 10.1. The molecule has 0 aromatic heterocycles. The monoisotopic (exact) mass is 414 g/mol. The second-order valence-electron chi connectivity index (χ2n) is 7.16. The van der Waals surface area contributed by atoms with Crippen LogP contribution in [0.1, 0.15) is 22.8 Å². The number of carbonyl (C=O) groups excluding carboxylic acids is 2. The van der Waals surface area contributed by atoms with Gasteiger partial charge in [0.25, 0.3) is 5.91 Å². The van der Waals surface area contributed by atoms with Crippen LogP contribution in [0.3, 0.4) is 0 Å². The third-order valence-electron chi connectivity index (χ3n) is 5.15. The second-order valence-corrected chi connectivity index (χ2v) is 7.16. The summed E-state index contributed by atoms with van der Waals surface area (Å²) >= 11 is 0. The average Bonchev–Trinajstić information content (AvgIpc) is 2.76. The fourth-order valence-corrected chi connectivity index (χ4v) is 3.36. The zero-order chi connectivity index (χ0) is 21.5. The number of rotatable bonds is 8. The van der Waals surface area contributed by atoms with E-state index in [1.54, 1.807) is 24.3 Å². The van der Waals surface area contributed by atoms with Crippen LogP contribution in [0.25, 0.3) is 0 Å². The van der Waals surface area contributed by atoms with Crippen molar-refractivity contribution in [2.24, 2.45) is 5.73 Å². The van der Waals surface area contributed by atoms with Gasteiger partial charge in [0.1, 0.15) is 11.6 Å². The fraction of sp³-hybridized carbons (Fsp3) is 0.364. The largest absolute Gasteiger partial charge is 0.484 e. The van der Waals surface area contributed by atoms with Crippen LogP contribution in [-0.4, -0.2) is 56.0 Å². The fourth-order valence-electron chi connectivity index (χ4n) is 3.36. The molecule has 1 fully saturated rings. The van der Waals surface area contributed by atoms with Gasteiger partial charge in [0.2, 0.25) is 5.91 Å². The molecule has 30 heavy (non-hydrogen) atoms. The quantitative estimate of drug-likeness (QED) is 0.687. The van der Waals surface area contributed by atoms with Crippen LogP contribution in [0.15, 0.2) is 42.5 Å². The van der Waals surface area contributed by atoms with Gasteiger partial charge < -0.3 is 25.6 Å². The number of nitrogens with zero attached hydrogens (tertiary/aromatic N) is 2. The molecule has 1 aliphatic heterocycles. The highest BCUT2D eigenvalue weighted by Crippen LogP contribution is 2.22. The van der Waals surface area contributed by atoms with Crippen molar-refractivity contribution in [3.8, 4) is 5.75 Å². The molecular formula is C22H27FN4O3. The first-order valence-corrected chi connectivity index (χ1v) is 10.0. The van der Waals surface area contributed by atoms with Gasteiger partial charge in [0.15, 0.2) is 6.61 Å². The van der Waals surface area contributed by atoms with Crippen LogP contribution in [0.2, 0.25) is 0 Å². The highest BCUT2D eigenvalue weighted by Gasteiger charge is 2.18. The Morgan fingerprint density at radius 2 is 1.90 bits per heavy atom. The van der Waals surface area contributed by atoms with Gasteiger partial charge in [0, 0.05) is 38.3 Å². The Labute approximate surface area is 175 Å². The first kappa shape index (κ1) is 21.6. The Morgan fingerprint density at radius 3 is 2.57 bits per heavy atom. The normalized spacial score (nSPS) is 14.4. The molecule has 0 spiro atoms. The number of halogens is 1. The third kappa shape index (κ3) is 5.70. The van der Waals surface area contributed by atoms with E-state index in [0.29, 0.717) is 22.6 Å². The third-order valence-corrected chi connectivity index (χ3v) is 5.15. The van der Waals surface area contributed by atoms with Crippen molar-refractivity contribution < 1.29 is 18.7 Å². The summed E-state index contributed by atoms with van der Waals surface area (Å²) in [5, 5.41) is 2.70. The Hall–Kier alpha value is -3.13. The summed E-state index contributed by atoms with van der Waals surface area (Å²) in [7, 11) is 0. The van der Waals surface area contributed by atoms with Crippen LogP contribution in [0, 0.1) is 5.82 Å². The zero-order valence-corrected chi connectivity index (χ0v) is 17.1. The van der Waals surface area contributed by atoms with Gasteiger partial charge in [0.05, 0.1) is 5.69 Å². The maximum atomic E-state index is 14.6. The number of piperazine rings is 1. The second kappa shape index (κ2) is 10.1. The van der Waals surface area contributed by atoms with E-state index in [2.05, 4.69) is 22.0 Å². The standard InChI is InChI=1S/C22H27FN4O3/c1-2-26-8-10-27(11-9-26)20-7-6-16(12-19(20)23)14-25-21(28)15-30-18-5-3-4-17(13-18)22(24)29/h3-7,12-13H,2,8-11,14-15H2,1H3,(H2,24,29)(H,25,28). The lowest BCUT2D eigenvalue weighted by molar-refractivity contribution is -0.123. The van der Waals surface area contributed by atoms with Crippen molar-refractivity contribution in [2.45, 2.75) is 13.5 Å². The SMILES string of the molecule is CCN1CCN(c2ccc(CNC(=O)COc3cccc(C(N)=O)c3)cc2F)CC1. The first-order valence-electron chi connectivity index (χ1n) is 10.0. The minimum atomic E-state index is -0.567. The van der Waals surface area contributed by atoms with Crippen molar-refractivity contribution in [2.75, 3.05) is 44.2 Å². The average molecular weight is 414 g/mol. The van der Waals surface area contributed by atoms with Crippen LogP contribution >= 0.6 is 0 Å². The lowest BCUT2D eigenvalue weighted by Gasteiger charge is -2.35. The predicted octanol–water partition coefficient (Wildman–Crippen LogP) is 1.76. The topological polar surface area (TPSA) is 87.9 Å². The van der Waals surface area contributed by atoms with Crippen molar-refractivity contribution >= 4 is 17.5 Å². The number of carbonyl (C=O) groups is 2. The van der Waals surface area contributed by atoms with E-state index >= 15 is 0 Å². The number of hydrogen-bond donors (Lipinski definition) is 2. The summed E-state index contributed by atoms with van der Waals surface area (Å²) in [6, 6.07) is 11.3. The van der Waals surface area contributed by atoms with Crippen molar-refractivity contribution in [3.05, 3.63) is 59.4 Å². The Balaban J connectivity index is 1.48. The van der Waals surface area contributed by atoms with Crippen LogP contribution in [0.5, 0.6) is 5.75 Å². The highest BCUT2D eigenvalue weighted by atomic mass is 19.1. The first-order chi connectivity index (χ1) is 14.5. The molecule has 1 aliphatic rings. The minimum Gasteiger partial charge on any atom is -0.484 e. The predicted molar refractivity (Wildman–Crippen MR) is 113 cm³/mol. The van der Waals surface area contributed by atoms with E-state index in [1.165, 1.54) is 12.1 Å². The number of hydrogen-bond acceptors (Lipinski definition) is 5. The summed E-state index contributed by atoms with van der Waals surface area (Å²) in [5.74, 6) is -0.825. The molecule has 160 valence electrons. The van der Waals surface area contributed by atoms with E-state index in [4.69, 9.17) is 10.5 Å². The smallest absolute Gasteiger partial charge is 0.258 e. The lowest BCUT2D eigenvalue weighted by Crippen LogP contribution is -2.46. The molecule has 7 nitrogen and oxygen atoms in total. The van der Waals surface area contributed by atoms with E-state index in [1.807, 2.05) is 6.07 Å². The van der Waals surface area contributed by atoms with Crippen molar-refractivity contribution in [3.63, 3.8) is 0 Å². The van der Waals surface area contributed by atoms with E-state index in [0.717, 1.165) is 32.7 Å². The maximum Gasteiger partial charge on any atom is 0.258 e. The molecule has 1 heterocycles. The van der Waals surface area contributed by atoms with Gasteiger partial charge in [-0.3, -0.25) is 9.59 Å². The zero-order valence-electron chi connectivity index (χ0n) is 17.1. The molecular weight excluding hydrogens is 387 g/mol. The van der Waals surface area contributed by atoms with Gasteiger partial charge in [-0.2, -0.15) is 0 Å². The molecule has 2 amide bonds. The molecule has 3 rings (SSSR count). The number of nitrogens with one attached hydrogen (secondary N) is 1. The summed E-state index contributed by atoms with van der Waals surface area (Å²) < 4.78 is 20.0. The summed E-state index contributed by atoms with van der Waals surface area (Å²) in [6.45, 7) is 6.57. The Morgan fingerprint density at radius 1 is 1.13 bits per heavy atom. The van der Waals surface area contributed by atoms with E-state index in [-0.39, 0.29) is 24.9 Å². The number of primary amides is 1. The molecule has 2 aromatic rings. The molecule has 8 heteroatoms. The molecule has 2 aromatic carbocycles. The molecule has 3 N–H and O–H groups in total. The number of nitrogens with two attached hydrogens (primary N) is 1. The van der Waals surface area contributed by atoms with Crippen LogP contribution in [-0.2, 0) is 11.3 Å². The molecule has 0 radical (unpaired) electrons. The maximum absolute atomic E-state index is 14.6.